The summed E-state index contributed by atoms with van der Waals surface area (Å²) >= 11 is 0. The van der Waals surface area contributed by atoms with Crippen molar-refractivity contribution < 1.29 is 19.1 Å². The number of amides is 1. The number of carbonyl (C=O) groups excluding carboxylic acids is 2. The first-order chi connectivity index (χ1) is 19.1. The van der Waals surface area contributed by atoms with Crippen molar-refractivity contribution in [2.45, 2.75) is 19.0 Å². The van der Waals surface area contributed by atoms with E-state index in [2.05, 4.69) is 63.6 Å². The summed E-state index contributed by atoms with van der Waals surface area (Å²) in [6.07, 6.45) is 0. The van der Waals surface area contributed by atoms with Crippen LogP contribution in [-0.4, -0.2) is 67.5 Å². The molecule has 2 aliphatic rings. The first-order valence-electron chi connectivity index (χ1n) is 13.4. The van der Waals surface area contributed by atoms with Crippen molar-refractivity contribution in [1.82, 2.24) is 15.1 Å². The molecule has 3 aromatic rings. The zero-order valence-corrected chi connectivity index (χ0v) is 22.3. The van der Waals surface area contributed by atoms with Crippen LogP contribution < -0.4 is 10.1 Å². The van der Waals surface area contributed by atoms with Gasteiger partial charge in [0.15, 0.2) is 5.92 Å². The van der Waals surface area contributed by atoms with Gasteiger partial charge in [-0.25, -0.2) is 4.99 Å². The van der Waals surface area contributed by atoms with Gasteiger partial charge in [0.25, 0.3) is 0 Å². The number of benzene rings is 3. The highest BCUT2D eigenvalue weighted by atomic mass is 16.5. The van der Waals surface area contributed by atoms with Crippen molar-refractivity contribution in [2.75, 3.05) is 39.9 Å². The van der Waals surface area contributed by atoms with Gasteiger partial charge in [0.2, 0.25) is 11.9 Å². The SMILES string of the molecule is CCOC(=O)[C@@H]1C(=O)NC(N2CCN(C(c3ccccc3)c3ccccc3)CC2)=N[C@@H]1c1ccccc1OC. The second kappa shape index (κ2) is 12.1. The van der Waals surface area contributed by atoms with Gasteiger partial charge < -0.3 is 14.4 Å². The Kier molecular flexibility index (Phi) is 8.22. The maximum Gasteiger partial charge on any atom is 0.321 e. The zero-order chi connectivity index (χ0) is 27.2. The van der Waals surface area contributed by atoms with Crippen LogP contribution >= 0.6 is 0 Å². The van der Waals surface area contributed by atoms with E-state index in [4.69, 9.17) is 14.5 Å². The molecule has 1 saturated heterocycles. The minimum atomic E-state index is -1.09. The van der Waals surface area contributed by atoms with Gasteiger partial charge in [-0.1, -0.05) is 78.9 Å². The van der Waals surface area contributed by atoms with Gasteiger partial charge in [0.1, 0.15) is 11.8 Å². The molecular weight excluding hydrogens is 492 g/mol. The number of nitrogens with one attached hydrogen (secondary N) is 1. The molecule has 8 heteroatoms. The second-order valence-corrected chi connectivity index (χ2v) is 9.61. The van der Waals surface area contributed by atoms with Crippen LogP contribution in [0.3, 0.4) is 0 Å². The quantitative estimate of drug-likeness (QED) is 0.373. The van der Waals surface area contributed by atoms with Crippen molar-refractivity contribution in [3.05, 3.63) is 102 Å². The van der Waals surface area contributed by atoms with Gasteiger partial charge in [-0.2, -0.15) is 0 Å². The number of esters is 1. The number of hydrogen-bond acceptors (Lipinski definition) is 7. The van der Waals surface area contributed by atoms with Gasteiger partial charge in [-0.05, 0) is 24.1 Å². The topological polar surface area (TPSA) is 83.5 Å². The molecule has 0 radical (unpaired) electrons. The number of hydrogen-bond donors (Lipinski definition) is 1. The third-order valence-electron chi connectivity index (χ3n) is 7.30. The monoisotopic (exact) mass is 526 g/mol. The van der Waals surface area contributed by atoms with E-state index in [1.807, 2.05) is 36.4 Å². The highest BCUT2D eigenvalue weighted by molar-refractivity contribution is 6.08. The fourth-order valence-electron chi connectivity index (χ4n) is 5.44. The maximum atomic E-state index is 13.3. The Labute approximate surface area is 229 Å². The lowest BCUT2D eigenvalue weighted by atomic mass is 9.90. The van der Waals surface area contributed by atoms with Crippen molar-refractivity contribution in [3.63, 3.8) is 0 Å². The van der Waals surface area contributed by atoms with E-state index in [1.165, 1.54) is 11.1 Å². The van der Waals surface area contributed by atoms with Crippen LogP contribution in [-0.2, 0) is 14.3 Å². The lowest BCUT2D eigenvalue weighted by Gasteiger charge is -2.42. The number of guanidine groups is 1. The lowest BCUT2D eigenvalue weighted by molar-refractivity contribution is -0.153. The van der Waals surface area contributed by atoms with Crippen LogP contribution in [0, 0.1) is 5.92 Å². The third kappa shape index (κ3) is 5.66. The molecule has 0 unspecified atom stereocenters. The summed E-state index contributed by atoms with van der Waals surface area (Å²) in [5.74, 6) is -1.04. The normalized spacial score (nSPS) is 19.8. The van der Waals surface area contributed by atoms with E-state index in [9.17, 15) is 9.59 Å². The number of aliphatic imine (C=N–C) groups is 1. The van der Waals surface area contributed by atoms with Crippen LogP contribution in [0.5, 0.6) is 5.75 Å². The number of rotatable bonds is 7. The summed E-state index contributed by atoms with van der Waals surface area (Å²) in [4.78, 5) is 35.6. The molecule has 8 nitrogen and oxygen atoms in total. The van der Waals surface area contributed by atoms with Crippen LogP contribution in [0.1, 0.15) is 35.7 Å². The van der Waals surface area contributed by atoms with E-state index in [1.54, 1.807) is 14.0 Å². The molecule has 3 aromatic carbocycles. The Morgan fingerprint density at radius 2 is 1.51 bits per heavy atom. The molecule has 5 rings (SSSR count). The third-order valence-corrected chi connectivity index (χ3v) is 7.30. The molecule has 39 heavy (non-hydrogen) atoms. The number of para-hydroxylation sites is 1. The van der Waals surface area contributed by atoms with E-state index in [0.717, 1.165) is 13.1 Å². The van der Waals surface area contributed by atoms with Gasteiger partial charge >= 0.3 is 5.97 Å². The van der Waals surface area contributed by atoms with Crippen LogP contribution in [0.2, 0.25) is 0 Å². The predicted molar refractivity (Wildman–Crippen MR) is 149 cm³/mol. The minimum Gasteiger partial charge on any atom is -0.496 e. The molecule has 1 fully saturated rings. The molecule has 0 aliphatic carbocycles. The fraction of sp³-hybridized carbons (Fsp3) is 0.323. The first-order valence-corrected chi connectivity index (χ1v) is 13.4. The largest absolute Gasteiger partial charge is 0.496 e. The smallest absolute Gasteiger partial charge is 0.321 e. The summed E-state index contributed by atoms with van der Waals surface area (Å²) in [6, 6.07) is 27.8. The van der Waals surface area contributed by atoms with Crippen LogP contribution in [0.4, 0.5) is 0 Å². The summed E-state index contributed by atoms with van der Waals surface area (Å²) in [5.41, 5.74) is 3.17. The van der Waals surface area contributed by atoms with Gasteiger partial charge in [0, 0.05) is 31.7 Å². The Morgan fingerprint density at radius 1 is 0.923 bits per heavy atom. The highest BCUT2D eigenvalue weighted by Crippen LogP contribution is 2.36. The summed E-state index contributed by atoms with van der Waals surface area (Å²) in [5, 5.41) is 2.90. The average Bonchev–Trinajstić information content (AvgIpc) is 2.98. The molecule has 0 aromatic heterocycles. The van der Waals surface area contributed by atoms with E-state index < -0.39 is 23.8 Å². The van der Waals surface area contributed by atoms with Crippen molar-refractivity contribution in [2.24, 2.45) is 10.9 Å². The number of carbonyl (C=O) groups is 2. The predicted octanol–water partition coefficient (Wildman–Crippen LogP) is 3.81. The summed E-state index contributed by atoms with van der Waals surface area (Å²) < 4.78 is 10.8. The fourth-order valence-corrected chi connectivity index (χ4v) is 5.44. The summed E-state index contributed by atoms with van der Waals surface area (Å²) in [6.45, 7) is 4.83. The number of nitrogens with zero attached hydrogens (tertiary/aromatic N) is 3. The second-order valence-electron chi connectivity index (χ2n) is 9.61. The lowest BCUT2D eigenvalue weighted by Crippen LogP contribution is -2.57. The van der Waals surface area contributed by atoms with Gasteiger partial charge in [-0.3, -0.25) is 19.8 Å². The number of methoxy groups -OCH3 is 1. The summed E-state index contributed by atoms with van der Waals surface area (Å²) in [7, 11) is 1.57. The Hall–Kier alpha value is -4.17. The Morgan fingerprint density at radius 3 is 2.10 bits per heavy atom. The van der Waals surface area contributed by atoms with E-state index in [-0.39, 0.29) is 12.6 Å². The van der Waals surface area contributed by atoms with E-state index >= 15 is 0 Å². The van der Waals surface area contributed by atoms with Crippen molar-refractivity contribution in [1.29, 1.82) is 0 Å². The van der Waals surface area contributed by atoms with Crippen molar-refractivity contribution in [3.8, 4) is 5.75 Å². The molecule has 1 amide bonds. The zero-order valence-electron chi connectivity index (χ0n) is 22.3. The molecule has 0 saturated carbocycles. The minimum absolute atomic E-state index is 0.131. The maximum absolute atomic E-state index is 13.3. The standard InChI is InChI=1S/C31H34N4O4/c1-3-39-30(37)26-27(24-16-10-11-17-25(24)38-2)32-31(33-29(26)36)35-20-18-34(19-21-35)28(22-12-6-4-7-13-22)23-14-8-5-9-15-23/h4-17,26-28H,3,18-21H2,1-2H3,(H,32,33,36)/t26-,27+/m0/s1. The highest BCUT2D eigenvalue weighted by Gasteiger charge is 2.43. The first kappa shape index (κ1) is 26.4. The van der Waals surface area contributed by atoms with Gasteiger partial charge in [-0.15, -0.1) is 0 Å². The molecule has 0 bridgehead atoms. The molecule has 1 N–H and O–H groups in total. The van der Waals surface area contributed by atoms with Crippen LogP contribution in [0.25, 0.3) is 0 Å². The molecule has 202 valence electrons. The number of piperazine rings is 1. The molecule has 2 atom stereocenters. The average molecular weight is 527 g/mol. The van der Waals surface area contributed by atoms with E-state index in [0.29, 0.717) is 30.4 Å². The van der Waals surface area contributed by atoms with Gasteiger partial charge in [0.05, 0.1) is 19.8 Å². The molecule has 2 aliphatic heterocycles. The molecule has 0 spiro atoms. The Balaban J connectivity index is 1.40. The Bertz CT molecular complexity index is 1270. The molecular formula is C31H34N4O4. The van der Waals surface area contributed by atoms with Crippen LogP contribution in [0.15, 0.2) is 89.9 Å². The van der Waals surface area contributed by atoms with Crippen molar-refractivity contribution >= 4 is 17.8 Å². The number of ether oxygens (including phenoxy) is 2. The molecule has 2 heterocycles.